The maximum atomic E-state index is 11.4. The molecule has 0 aromatic rings. The SMILES string of the molecule is CC1=C(O)OC(C)(C)OC1=O.CC1=C(O)OC(C)OC1=O.CC1=C(O)OC2(CCCCC2)OC1=O.CCC1(C)OC(=O)C(C)=C(O)O1. The van der Waals surface area contributed by atoms with Gasteiger partial charge in [0.15, 0.2) is 0 Å². The highest BCUT2D eigenvalue weighted by atomic mass is 16.8. The van der Waals surface area contributed by atoms with E-state index in [1.165, 1.54) is 34.6 Å². The van der Waals surface area contributed by atoms with Crippen molar-refractivity contribution in [2.45, 2.75) is 124 Å². The summed E-state index contributed by atoms with van der Waals surface area (Å²) in [6.45, 7) is 13.9. The Balaban J connectivity index is 0.000000220. The molecule has 0 aromatic heterocycles. The molecule has 1 fully saturated rings. The van der Waals surface area contributed by atoms with Gasteiger partial charge in [-0.2, -0.15) is 0 Å². The molecule has 0 aromatic carbocycles. The first kappa shape index (κ1) is 38.4. The molecule has 2 atom stereocenters. The van der Waals surface area contributed by atoms with Crippen molar-refractivity contribution in [1.29, 1.82) is 0 Å². The molecule has 1 spiro atoms. The molecule has 2 unspecified atom stereocenters. The van der Waals surface area contributed by atoms with Crippen molar-refractivity contribution >= 4 is 23.9 Å². The molecular formula is C31H44O16. The van der Waals surface area contributed by atoms with Crippen LogP contribution >= 0.6 is 0 Å². The summed E-state index contributed by atoms with van der Waals surface area (Å²) in [7, 11) is 0. The van der Waals surface area contributed by atoms with Crippen LogP contribution in [0.15, 0.2) is 46.1 Å². The monoisotopic (exact) mass is 672 g/mol. The Morgan fingerprint density at radius 2 is 1.02 bits per heavy atom. The zero-order valence-corrected chi connectivity index (χ0v) is 28.0. The minimum atomic E-state index is -1.05. The van der Waals surface area contributed by atoms with Crippen LogP contribution < -0.4 is 0 Å². The van der Waals surface area contributed by atoms with Gasteiger partial charge in [0.25, 0.3) is 41.1 Å². The van der Waals surface area contributed by atoms with E-state index < -0.39 is 47.5 Å². The molecule has 5 rings (SSSR count). The van der Waals surface area contributed by atoms with Gasteiger partial charge in [-0.25, -0.2) is 19.2 Å². The molecule has 0 bridgehead atoms. The number of cyclic esters (lactones) is 3. The van der Waals surface area contributed by atoms with Gasteiger partial charge in [0.1, 0.15) is 22.3 Å². The summed E-state index contributed by atoms with van der Waals surface area (Å²) in [5.74, 6) is -6.32. The Hall–Kier alpha value is -4.76. The highest BCUT2D eigenvalue weighted by Crippen LogP contribution is 2.38. The van der Waals surface area contributed by atoms with E-state index in [1.807, 2.05) is 0 Å². The van der Waals surface area contributed by atoms with Crippen LogP contribution in [0.5, 0.6) is 0 Å². The first-order valence-corrected chi connectivity index (χ1v) is 14.9. The van der Waals surface area contributed by atoms with Crippen LogP contribution in [-0.4, -0.2) is 68.0 Å². The fourth-order valence-corrected chi connectivity index (χ4v) is 4.02. The van der Waals surface area contributed by atoms with Crippen LogP contribution in [0.4, 0.5) is 0 Å². The average molecular weight is 673 g/mol. The van der Waals surface area contributed by atoms with Crippen LogP contribution in [0.3, 0.4) is 0 Å². The summed E-state index contributed by atoms with van der Waals surface area (Å²) >= 11 is 0. The Morgan fingerprint density at radius 3 is 1.47 bits per heavy atom. The number of carbonyl (C=O) groups is 4. The zero-order valence-electron chi connectivity index (χ0n) is 28.0. The molecule has 0 saturated heterocycles. The van der Waals surface area contributed by atoms with E-state index in [-0.39, 0.29) is 46.1 Å². The number of hydrogen-bond donors (Lipinski definition) is 4. The molecule has 264 valence electrons. The quantitative estimate of drug-likeness (QED) is 0.206. The lowest BCUT2D eigenvalue weighted by Gasteiger charge is -2.38. The summed E-state index contributed by atoms with van der Waals surface area (Å²) < 4.78 is 39.3. The second-order valence-electron chi connectivity index (χ2n) is 11.6. The Morgan fingerprint density at radius 1 is 0.574 bits per heavy atom. The van der Waals surface area contributed by atoms with Gasteiger partial charge in [-0.05, 0) is 40.5 Å². The van der Waals surface area contributed by atoms with E-state index >= 15 is 0 Å². The molecule has 16 nitrogen and oxygen atoms in total. The summed E-state index contributed by atoms with van der Waals surface area (Å²) in [6.07, 6.45) is 4.24. The van der Waals surface area contributed by atoms with E-state index in [0.717, 1.165) is 19.3 Å². The topological polar surface area (TPSA) is 223 Å². The van der Waals surface area contributed by atoms with Crippen molar-refractivity contribution in [2.75, 3.05) is 0 Å². The van der Waals surface area contributed by atoms with Crippen molar-refractivity contribution in [3.8, 4) is 0 Å². The molecule has 4 heterocycles. The smallest absolute Gasteiger partial charge is 0.344 e. The number of ether oxygens (including phenoxy) is 8. The molecule has 1 saturated carbocycles. The van der Waals surface area contributed by atoms with Crippen molar-refractivity contribution in [2.24, 2.45) is 0 Å². The fraction of sp³-hybridized carbons (Fsp3) is 0.613. The summed E-state index contributed by atoms with van der Waals surface area (Å²) in [6, 6.07) is 0. The molecule has 47 heavy (non-hydrogen) atoms. The number of rotatable bonds is 1. The van der Waals surface area contributed by atoms with Crippen molar-refractivity contribution in [3.05, 3.63) is 46.1 Å². The van der Waals surface area contributed by atoms with E-state index in [0.29, 0.717) is 19.3 Å². The standard InChI is InChI=1S/C10H14O4.C8H12O4.C7H10O4.C6H8O4/c1-7-8(11)13-10(14-9(7)12)5-3-2-4-6-10;1-4-8(3)11-6(9)5(2)7(10)12-8;1-4-5(8)10-7(2,3)11-6(4)9;1-3-5(7)9-4(2)10-6(3)8/h11H,2-6H2,1H3;9H,4H2,1-3H3;8H,1-3H3;4,7H,1-2H3. The van der Waals surface area contributed by atoms with E-state index in [2.05, 4.69) is 9.47 Å². The van der Waals surface area contributed by atoms with Gasteiger partial charge in [-0.15, -0.1) is 0 Å². The Labute approximate surface area is 272 Å². The van der Waals surface area contributed by atoms with Gasteiger partial charge in [0.05, 0.1) is 0 Å². The minimum absolute atomic E-state index is 0.101. The predicted octanol–water partition coefficient (Wildman–Crippen LogP) is 5.27. The van der Waals surface area contributed by atoms with Crippen LogP contribution in [0.1, 0.15) is 101 Å². The lowest BCUT2D eigenvalue weighted by Crippen LogP contribution is -2.43. The Kier molecular flexibility index (Phi) is 12.4. The second kappa shape index (κ2) is 15.2. The third-order valence-electron chi connectivity index (χ3n) is 7.18. The van der Waals surface area contributed by atoms with E-state index in [4.69, 9.17) is 38.6 Å². The maximum Gasteiger partial charge on any atom is 0.344 e. The molecule has 4 aliphatic heterocycles. The number of esters is 4. The van der Waals surface area contributed by atoms with E-state index in [9.17, 15) is 29.4 Å². The van der Waals surface area contributed by atoms with E-state index in [1.54, 1.807) is 27.7 Å². The van der Waals surface area contributed by atoms with Crippen LogP contribution in [0.25, 0.3) is 0 Å². The number of hydrogen-bond acceptors (Lipinski definition) is 16. The van der Waals surface area contributed by atoms with Crippen molar-refractivity contribution < 1.29 is 77.5 Å². The van der Waals surface area contributed by atoms with Gasteiger partial charge in [-0.1, -0.05) is 13.3 Å². The third kappa shape index (κ3) is 10.4. The lowest BCUT2D eigenvalue weighted by molar-refractivity contribution is -0.249. The van der Waals surface area contributed by atoms with Gasteiger partial charge in [-0.3, -0.25) is 0 Å². The molecular weight excluding hydrogens is 628 g/mol. The minimum Gasteiger partial charge on any atom is -0.481 e. The average Bonchev–Trinajstić information content (AvgIpc) is 2.97. The maximum absolute atomic E-state index is 11.4. The predicted molar refractivity (Wildman–Crippen MR) is 158 cm³/mol. The highest BCUT2D eigenvalue weighted by Gasteiger charge is 2.43. The molecule has 0 amide bonds. The summed E-state index contributed by atoms with van der Waals surface area (Å²) in [5, 5.41) is 36.5. The molecule has 16 heteroatoms. The van der Waals surface area contributed by atoms with Crippen molar-refractivity contribution in [1.82, 2.24) is 0 Å². The van der Waals surface area contributed by atoms with Crippen molar-refractivity contribution in [3.63, 3.8) is 0 Å². The number of aliphatic hydroxyl groups excluding tert-OH is 4. The molecule has 5 aliphatic rings. The van der Waals surface area contributed by atoms with Gasteiger partial charge in [0, 0.05) is 47.0 Å². The highest BCUT2D eigenvalue weighted by molar-refractivity contribution is 5.90. The first-order valence-electron chi connectivity index (χ1n) is 14.9. The largest absolute Gasteiger partial charge is 0.481 e. The van der Waals surface area contributed by atoms with Crippen LogP contribution in [0.2, 0.25) is 0 Å². The normalized spacial score (nSPS) is 26.1. The summed E-state index contributed by atoms with van der Waals surface area (Å²) in [4.78, 5) is 44.0. The third-order valence-corrected chi connectivity index (χ3v) is 7.18. The zero-order chi connectivity index (χ0) is 35.9. The lowest BCUT2D eigenvalue weighted by atomic mass is 9.93. The van der Waals surface area contributed by atoms with Gasteiger partial charge in [0.2, 0.25) is 6.29 Å². The first-order chi connectivity index (χ1) is 21.6. The molecule has 1 aliphatic carbocycles. The second-order valence-corrected chi connectivity index (χ2v) is 11.6. The van der Waals surface area contributed by atoms with Gasteiger partial charge < -0.3 is 58.3 Å². The van der Waals surface area contributed by atoms with Crippen LogP contribution in [0, 0.1) is 0 Å². The number of aliphatic hydroxyl groups is 4. The summed E-state index contributed by atoms with van der Waals surface area (Å²) in [5.41, 5.74) is 0.476. The van der Waals surface area contributed by atoms with Gasteiger partial charge >= 0.3 is 23.9 Å². The van der Waals surface area contributed by atoms with Crippen LogP contribution in [-0.2, 0) is 57.1 Å². The Bertz CT molecular complexity index is 1360. The fourth-order valence-electron chi connectivity index (χ4n) is 4.02. The number of carbonyl (C=O) groups excluding carboxylic acids is 4. The molecule has 0 radical (unpaired) electrons. The molecule has 4 N–H and O–H groups in total.